The van der Waals surface area contributed by atoms with Gasteiger partial charge in [0.15, 0.2) is 0 Å². The van der Waals surface area contributed by atoms with Gasteiger partial charge in [-0.25, -0.2) is 0 Å². The maximum Gasteiger partial charge on any atom is 0.380 e. The van der Waals surface area contributed by atoms with Crippen LogP contribution in [0.3, 0.4) is 0 Å². The second kappa shape index (κ2) is 5.05. The molecule has 0 radical (unpaired) electrons. The normalized spacial score (nSPS) is 12.0. The van der Waals surface area contributed by atoms with Crippen molar-refractivity contribution in [2.75, 3.05) is 0 Å². The van der Waals surface area contributed by atoms with Gasteiger partial charge >= 0.3 is 10.3 Å². The van der Waals surface area contributed by atoms with Gasteiger partial charge in [0.2, 0.25) is 4.74 Å². The summed E-state index contributed by atoms with van der Waals surface area (Å²) in [7, 11) is -4.09. The summed E-state index contributed by atoms with van der Waals surface area (Å²) in [5.74, 6) is 0.0920. The van der Waals surface area contributed by atoms with Crippen molar-refractivity contribution in [2.45, 2.75) is 13.8 Å². The van der Waals surface area contributed by atoms with Gasteiger partial charge < -0.3 is 4.18 Å². The smallest absolute Gasteiger partial charge is 0.371 e. The van der Waals surface area contributed by atoms with Crippen LogP contribution in [0.2, 0.25) is 0 Å². The summed E-state index contributed by atoms with van der Waals surface area (Å²) in [4.78, 5) is 12.4. The standard InChI is InChI=1S/C15H13NO4S2/c1-8-5-9(2)14-12(6-8)11-4-3-10(20-22(16,18)19)7-13(11)21-15(14)17/h3-7H,1-2H3,(H2,16,18,19). The van der Waals surface area contributed by atoms with Crippen LogP contribution in [0.25, 0.3) is 20.9 Å². The van der Waals surface area contributed by atoms with Gasteiger partial charge in [-0.3, -0.25) is 4.79 Å². The Labute approximate surface area is 131 Å². The van der Waals surface area contributed by atoms with Crippen molar-refractivity contribution >= 4 is 42.5 Å². The summed E-state index contributed by atoms with van der Waals surface area (Å²) < 4.78 is 27.3. The molecule has 0 fully saturated rings. The van der Waals surface area contributed by atoms with Crippen LogP contribution >= 0.6 is 11.3 Å². The van der Waals surface area contributed by atoms with E-state index >= 15 is 0 Å². The predicted molar refractivity (Wildman–Crippen MR) is 88.8 cm³/mol. The van der Waals surface area contributed by atoms with Crippen molar-refractivity contribution in [3.8, 4) is 5.75 Å². The van der Waals surface area contributed by atoms with Crippen molar-refractivity contribution in [2.24, 2.45) is 5.14 Å². The van der Waals surface area contributed by atoms with E-state index in [9.17, 15) is 13.2 Å². The number of rotatable bonds is 2. The number of hydrogen-bond acceptors (Lipinski definition) is 5. The third kappa shape index (κ3) is 2.70. The van der Waals surface area contributed by atoms with E-state index in [1.54, 1.807) is 6.07 Å². The molecule has 5 nitrogen and oxygen atoms in total. The zero-order chi connectivity index (χ0) is 16.1. The third-order valence-electron chi connectivity index (χ3n) is 3.34. The lowest BCUT2D eigenvalue weighted by molar-refractivity contribution is 0.488. The molecule has 3 rings (SSSR count). The Morgan fingerprint density at radius 3 is 2.50 bits per heavy atom. The molecule has 0 saturated heterocycles. The Balaban J connectivity index is 2.37. The van der Waals surface area contributed by atoms with E-state index in [1.807, 2.05) is 26.0 Å². The first-order valence-corrected chi connectivity index (χ1v) is 8.73. The van der Waals surface area contributed by atoms with Crippen LogP contribution in [0.1, 0.15) is 11.1 Å². The van der Waals surface area contributed by atoms with Gasteiger partial charge in [-0.2, -0.15) is 13.6 Å². The zero-order valence-electron chi connectivity index (χ0n) is 11.9. The lowest BCUT2D eigenvalue weighted by atomic mass is 10.0. The Morgan fingerprint density at radius 2 is 1.82 bits per heavy atom. The molecule has 0 bridgehead atoms. The molecule has 1 aromatic heterocycles. The summed E-state index contributed by atoms with van der Waals surface area (Å²) >= 11 is 1.06. The average Bonchev–Trinajstić information content (AvgIpc) is 2.35. The average molecular weight is 335 g/mol. The van der Waals surface area contributed by atoms with Crippen molar-refractivity contribution in [3.05, 3.63) is 51.0 Å². The molecule has 22 heavy (non-hydrogen) atoms. The van der Waals surface area contributed by atoms with Crippen LogP contribution in [-0.4, -0.2) is 8.42 Å². The molecule has 114 valence electrons. The number of fused-ring (bicyclic) bond motifs is 3. The van der Waals surface area contributed by atoms with Crippen molar-refractivity contribution in [1.82, 2.24) is 0 Å². The Hall–Kier alpha value is -1.96. The fourth-order valence-electron chi connectivity index (χ4n) is 2.60. The first-order valence-electron chi connectivity index (χ1n) is 6.44. The Bertz CT molecular complexity index is 1070. The summed E-state index contributed by atoms with van der Waals surface area (Å²) in [6, 6.07) is 8.72. The second-order valence-electron chi connectivity index (χ2n) is 5.13. The van der Waals surface area contributed by atoms with Gasteiger partial charge in [-0.15, -0.1) is 0 Å². The molecule has 1 heterocycles. The molecule has 0 unspecified atom stereocenters. The van der Waals surface area contributed by atoms with E-state index in [0.717, 1.165) is 33.2 Å². The van der Waals surface area contributed by atoms with Crippen LogP contribution < -0.4 is 14.1 Å². The SMILES string of the molecule is Cc1cc(C)c2c(=O)sc3cc(OS(N)(=O)=O)ccc3c2c1. The molecule has 0 saturated carbocycles. The van der Waals surface area contributed by atoms with Gasteiger partial charge in [0.1, 0.15) is 5.75 Å². The predicted octanol–water partition coefficient (Wildman–Crippen LogP) is 2.61. The molecule has 2 aromatic carbocycles. The molecule has 7 heteroatoms. The molecule has 0 amide bonds. The maximum absolute atomic E-state index is 12.4. The van der Waals surface area contributed by atoms with E-state index in [0.29, 0.717) is 10.1 Å². The van der Waals surface area contributed by atoms with Crippen molar-refractivity contribution < 1.29 is 12.6 Å². The molecule has 0 aliphatic carbocycles. The molecular formula is C15H13NO4S2. The maximum atomic E-state index is 12.4. The summed E-state index contributed by atoms with van der Waals surface area (Å²) in [6.45, 7) is 3.88. The highest BCUT2D eigenvalue weighted by Gasteiger charge is 2.11. The minimum Gasteiger partial charge on any atom is -0.371 e. The molecule has 0 aliphatic rings. The number of hydrogen-bond donors (Lipinski definition) is 1. The molecule has 2 N–H and O–H groups in total. The molecular weight excluding hydrogens is 322 g/mol. The lowest BCUT2D eigenvalue weighted by Gasteiger charge is -2.08. The number of nitrogens with two attached hydrogens (primary N) is 1. The van der Waals surface area contributed by atoms with Gasteiger partial charge in [-0.05, 0) is 43.0 Å². The van der Waals surface area contributed by atoms with E-state index in [1.165, 1.54) is 12.1 Å². The fourth-order valence-corrected chi connectivity index (χ4v) is 4.01. The summed E-state index contributed by atoms with van der Waals surface area (Å²) in [5.41, 5.74) is 2.00. The highest BCUT2D eigenvalue weighted by Crippen LogP contribution is 2.31. The second-order valence-corrected chi connectivity index (χ2v) is 7.30. The molecule has 0 atom stereocenters. The van der Waals surface area contributed by atoms with Gasteiger partial charge in [0, 0.05) is 15.5 Å². The van der Waals surface area contributed by atoms with Crippen LogP contribution in [0.5, 0.6) is 5.75 Å². The van der Waals surface area contributed by atoms with Crippen LogP contribution in [0.4, 0.5) is 0 Å². The highest BCUT2D eigenvalue weighted by atomic mass is 32.2. The monoisotopic (exact) mass is 335 g/mol. The van der Waals surface area contributed by atoms with E-state index < -0.39 is 10.3 Å². The fraction of sp³-hybridized carbons (Fsp3) is 0.133. The zero-order valence-corrected chi connectivity index (χ0v) is 13.5. The first kappa shape index (κ1) is 15.0. The third-order valence-corrected chi connectivity index (χ3v) is 4.71. The minimum absolute atomic E-state index is 0.0623. The van der Waals surface area contributed by atoms with Crippen LogP contribution in [0.15, 0.2) is 35.1 Å². The molecule has 0 spiro atoms. The van der Waals surface area contributed by atoms with Crippen LogP contribution in [0, 0.1) is 13.8 Å². The van der Waals surface area contributed by atoms with Gasteiger partial charge in [-0.1, -0.05) is 29.0 Å². The van der Waals surface area contributed by atoms with E-state index in [4.69, 9.17) is 5.14 Å². The quantitative estimate of drug-likeness (QED) is 0.729. The topological polar surface area (TPSA) is 86.5 Å². The van der Waals surface area contributed by atoms with Gasteiger partial charge in [0.05, 0.1) is 0 Å². The largest absolute Gasteiger partial charge is 0.380 e. The van der Waals surface area contributed by atoms with Crippen molar-refractivity contribution in [1.29, 1.82) is 0 Å². The van der Waals surface area contributed by atoms with Crippen molar-refractivity contribution in [3.63, 3.8) is 0 Å². The molecule has 0 aliphatic heterocycles. The molecule has 3 aromatic rings. The summed E-state index contributed by atoms with van der Waals surface area (Å²) in [5, 5.41) is 7.30. The lowest BCUT2D eigenvalue weighted by Crippen LogP contribution is -2.18. The Morgan fingerprint density at radius 1 is 1.09 bits per heavy atom. The van der Waals surface area contributed by atoms with Crippen LogP contribution in [-0.2, 0) is 10.3 Å². The number of aryl methyl sites for hydroxylation is 2. The summed E-state index contributed by atoms with van der Waals surface area (Å²) in [6.07, 6.45) is 0. The minimum atomic E-state index is -4.09. The Kier molecular flexibility index (Phi) is 3.43. The highest BCUT2D eigenvalue weighted by molar-refractivity contribution is 7.84. The van der Waals surface area contributed by atoms with E-state index in [2.05, 4.69) is 4.18 Å². The van der Waals surface area contributed by atoms with E-state index in [-0.39, 0.29) is 10.5 Å². The van der Waals surface area contributed by atoms with Gasteiger partial charge in [0.25, 0.3) is 0 Å². The first-order chi connectivity index (χ1) is 10.2. The number of benzene rings is 2.